The van der Waals surface area contributed by atoms with E-state index in [9.17, 15) is 4.79 Å². The number of amides is 2. The van der Waals surface area contributed by atoms with Gasteiger partial charge in [0.2, 0.25) is 5.88 Å². The van der Waals surface area contributed by atoms with Crippen LogP contribution in [0.2, 0.25) is 0 Å². The summed E-state index contributed by atoms with van der Waals surface area (Å²) in [5.41, 5.74) is 2.03. The average Bonchev–Trinajstić information content (AvgIpc) is 2.55. The molecular weight excluding hydrogens is 290 g/mol. The van der Waals surface area contributed by atoms with Gasteiger partial charge in [0.1, 0.15) is 0 Å². The van der Waals surface area contributed by atoms with Gasteiger partial charge in [-0.2, -0.15) is 0 Å². The topological polar surface area (TPSA) is 63.2 Å². The van der Waals surface area contributed by atoms with E-state index >= 15 is 0 Å². The fraction of sp³-hybridized carbons (Fsp3) is 0.333. The molecule has 1 aliphatic carbocycles. The van der Waals surface area contributed by atoms with E-state index in [2.05, 4.69) is 39.9 Å². The van der Waals surface area contributed by atoms with Crippen molar-refractivity contribution in [2.45, 2.75) is 24.7 Å². The second-order valence-corrected chi connectivity index (χ2v) is 5.90. The highest BCUT2D eigenvalue weighted by Gasteiger charge is 2.38. The van der Waals surface area contributed by atoms with Crippen molar-refractivity contribution in [2.24, 2.45) is 0 Å². The summed E-state index contributed by atoms with van der Waals surface area (Å²) in [5, 5.41) is 5.79. The normalized spacial score (nSPS) is 15.3. The van der Waals surface area contributed by atoms with Crippen molar-refractivity contribution in [1.82, 2.24) is 10.3 Å². The number of hydrogen-bond donors (Lipinski definition) is 2. The lowest BCUT2D eigenvalue weighted by Gasteiger charge is -2.42. The summed E-state index contributed by atoms with van der Waals surface area (Å²) in [5.74, 6) is 0.522. The van der Waals surface area contributed by atoms with Gasteiger partial charge in [0.05, 0.1) is 19.0 Å². The summed E-state index contributed by atoms with van der Waals surface area (Å²) in [6.07, 6.45) is 5.01. The third kappa shape index (κ3) is 3.44. The maximum atomic E-state index is 12.1. The molecule has 120 valence electrons. The first-order valence-corrected chi connectivity index (χ1v) is 7.82. The summed E-state index contributed by atoms with van der Waals surface area (Å²) in [6, 6.07) is 13.7. The number of aromatic nitrogens is 1. The molecule has 0 radical (unpaired) electrons. The zero-order chi connectivity index (χ0) is 16.1. The molecule has 1 fully saturated rings. The van der Waals surface area contributed by atoms with E-state index in [1.165, 1.54) is 12.0 Å². The molecule has 23 heavy (non-hydrogen) atoms. The van der Waals surface area contributed by atoms with Gasteiger partial charge in [-0.05, 0) is 24.5 Å². The van der Waals surface area contributed by atoms with Crippen LogP contribution in [0.3, 0.4) is 0 Å². The Bertz CT molecular complexity index is 652. The monoisotopic (exact) mass is 311 g/mol. The minimum atomic E-state index is -0.209. The van der Waals surface area contributed by atoms with Crippen molar-refractivity contribution >= 4 is 11.7 Å². The molecule has 0 aliphatic heterocycles. The number of ether oxygens (including phenoxy) is 1. The number of rotatable bonds is 5. The number of urea groups is 1. The SMILES string of the molecule is COc1ccc(NC(=O)NCC2(c3ccccc3)CCC2)cn1. The van der Waals surface area contributed by atoms with Crippen LogP contribution in [0.1, 0.15) is 24.8 Å². The van der Waals surface area contributed by atoms with Crippen molar-refractivity contribution in [3.05, 3.63) is 54.2 Å². The van der Waals surface area contributed by atoms with E-state index in [1.54, 1.807) is 25.4 Å². The van der Waals surface area contributed by atoms with Gasteiger partial charge in [0.25, 0.3) is 0 Å². The highest BCUT2D eigenvalue weighted by Crippen LogP contribution is 2.43. The third-order valence-corrected chi connectivity index (χ3v) is 4.49. The van der Waals surface area contributed by atoms with Crippen LogP contribution >= 0.6 is 0 Å². The number of anilines is 1. The number of carbonyl (C=O) groups excluding carboxylic acids is 1. The molecule has 1 heterocycles. The van der Waals surface area contributed by atoms with Crippen LogP contribution in [0.4, 0.5) is 10.5 Å². The number of nitrogens with one attached hydrogen (secondary N) is 2. The molecule has 5 heteroatoms. The zero-order valence-electron chi connectivity index (χ0n) is 13.2. The van der Waals surface area contributed by atoms with Crippen LogP contribution in [0.5, 0.6) is 5.88 Å². The number of hydrogen-bond acceptors (Lipinski definition) is 3. The van der Waals surface area contributed by atoms with Gasteiger partial charge in [0.15, 0.2) is 0 Å². The number of benzene rings is 1. The Morgan fingerprint density at radius 2 is 2.00 bits per heavy atom. The van der Waals surface area contributed by atoms with Gasteiger partial charge in [-0.15, -0.1) is 0 Å². The smallest absolute Gasteiger partial charge is 0.319 e. The van der Waals surface area contributed by atoms with Gasteiger partial charge in [-0.3, -0.25) is 0 Å². The molecule has 2 N–H and O–H groups in total. The summed E-state index contributed by atoms with van der Waals surface area (Å²) in [6.45, 7) is 0.645. The molecule has 0 atom stereocenters. The fourth-order valence-corrected chi connectivity index (χ4v) is 2.96. The molecular formula is C18H21N3O2. The van der Waals surface area contributed by atoms with Crippen LogP contribution in [0.15, 0.2) is 48.7 Å². The number of methoxy groups -OCH3 is 1. The Morgan fingerprint density at radius 3 is 2.57 bits per heavy atom. The molecule has 1 aromatic carbocycles. The molecule has 0 unspecified atom stereocenters. The van der Waals surface area contributed by atoms with E-state index in [-0.39, 0.29) is 11.4 Å². The Kier molecular flexibility index (Phi) is 4.46. The number of carbonyl (C=O) groups is 1. The molecule has 3 rings (SSSR count). The average molecular weight is 311 g/mol. The van der Waals surface area contributed by atoms with E-state index in [1.807, 2.05) is 6.07 Å². The van der Waals surface area contributed by atoms with Crippen LogP contribution in [0, 0.1) is 0 Å². The number of nitrogens with zero attached hydrogens (tertiary/aromatic N) is 1. The van der Waals surface area contributed by atoms with Crippen LogP contribution in [-0.4, -0.2) is 24.7 Å². The predicted octanol–water partition coefficient (Wildman–Crippen LogP) is 3.33. The summed E-state index contributed by atoms with van der Waals surface area (Å²) < 4.78 is 5.00. The van der Waals surface area contributed by atoms with Crippen LogP contribution in [-0.2, 0) is 5.41 Å². The van der Waals surface area contributed by atoms with E-state index in [0.717, 1.165) is 12.8 Å². The van der Waals surface area contributed by atoms with Crippen molar-refractivity contribution in [3.8, 4) is 5.88 Å². The molecule has 1 aromatic heterocycles. The van der Waals surface area contributed by atoms with Gasteiger partial charge in [-0.25, -0.2) is 9.78 Å². The lowest BCUT2D eigenvalue weighted by molar-refractivity contribution is 0.222. The third-order valence-electron chi connectivity index (χ3n) is 4.49. The molecule has 1 saturated carbocycles. The maximum Gasteiger partial charge on any atom is 0.319 e. The largest absolute Gasteiger partial charge is 0.481 e. The molecule has 5 nitrogen and oxygen atoms in total. The first-order chi connectivity index (χ1) is 11.2. The predicted molar refractivity (Wildman–Crippen MR) is 89.8 cm³/mol. The van der Waals surface area contributed by atoms with Crippen molar-refractivity contribution in [1.29, 1.82) is 0 Å². The first kappa shape index (κ1) is 15.3. The van der Waals surface area contributed by atoms with Crippen molar-refractivity contribution in [3.63, 3.8) is 0 Å². The molecule has 0 spiro atoms. The minimum Gasteiger partial charge on any atom is -0.481 e. The van der Waals surface area contributed by atoms with Gasteiger partial charge in [-0.1, -0.05) is 36.8 Å². The van der Waals surface area contributed by atoms with Crippen LogP contribution < -0.4 is 15.4 Å². The molecule has 0 bridgehead atoms. The molecule has 2 amide bonds. The Balaban J connectivity index is 1.57. The molecule has 1 aliphatic rings. The van der Waals surface area contributed by atoms with E-state index in [0.29, 0.717) is 18.1 Å². The van der Waals surface area contributed by atoms with Crippen molar-refractivity contribution in [2.75, 3.05) is 19.0 Å². The molecule has 0 saturated heterocycles. The summed E-state index contributed by atoms with van der Waals surface area (Å²) in [4.78, 5) is 16.2. The van der Waals surface area contributed by atoms with Gasteiger partial charge in [0, 0.05) is 18.0 Å². The first-order valence-electron chi connectivity index (χ1n) is 7.82. The highest BCUT2D eigenvalue weighted by atomic mass is 16.5. The number of pyridine rings is 1. The summed E-state index contributed by atoms with van der Waals surface area (Å²) >= 11 is 0. The Labute approximate surface area is 136 Å². The lowest BCUT2D eigenvalue weighted by Crippen LogP contribution is -2.46. The van der Waals surface area contributed by atoms with Gasteiger partial charge < -0.3 is 15.4 Å². The van der Waals surface area contributed by atoms with Gasteiger partial charge >= 0.3 is 6.03 Å². The molecule has 2 aromatic rings. The fourth-order valence-electron chi connectivity index (χ4n) is 2.96. The quantitative estimate of drug-likeness (QED) is 0.890. The Hall–Kier alpha value is -2.56. The van der Waals surface area contributed by atoms with Crippen molar-refractivity contribution < 1.29 is 9.53 Å². The Morgan fingerprint density at radius 1 is 1.22 bits per heavy atom. The standard InChI is InChI=1S/C18H21N3O2/c1-23-16-9-8-15(12-19-16)21-17(22)20-13-18(10-5-11-18)14-6-3-2-4-7-14/h2-4,6-9,12H,5,10-11,13H2,1H3,(H2,20,21,22). The van der Waals surface area contributed by atoms with Crippen LogP contribution in [0.25, 0.3) is 0 Å². The lowest BCUT2D eigenvalue weighted by atomic mass is 9.64. The highest BCUT2D eigenvalue weighted by molar-refractivity contribution is 5.89. The van der Waals surface area contributed by atoms with E-state index in [4.69, 9.17) is 4.74 Å². The second-order valence-electron chi connectivity index (χ2n) is 5.90. The summed E-state index contributed by atoms with van der Waals surface area (Å²) in [7, 11) is 1.56. The second kappa shape index (κ2) is 6.69. The zero-order valence-corrected chi connectivity index (χ0v) is 13.2. The minimum absolute atomic E-state index is 0.0801. The van der Waals surface area contributed by atoms with E-state index < -0.39 is 0 Å². The maximum absolute atomic E-state index is 12.1.